The Kier molecular flexibility index (Phi) is 17.3. The first-order valence-corrected chi connectivity index (χ1v) is 1.93. The van der Waals surface area contributed by atoms with Gasteiger partial charge in [0, 0.05) is 0 Å². The highest BCUT2D eigenvalue weighted by molar-refractivity contribution is 7.59. The summed E-state index contributed by atoms with van der Waals surface area (Å²) in [5.74, 6) is 8.64. The second-order valence-corrected chi connectivity index (χ2v) is 0.899. The summed E-state index contributed by atoms with van der Waals surface area (Å²) in [5.41, 5.74) is 2.89. The molecule has 0 aliphatic rings. The fourth-order valence-electron chi connectivity index (χ4n) is 0. The number of nitrogens with two attached hydrogens (primary N) is 2. The second-order valence-electron chi connectivity index (χ2n) is 0.899. The van der Waals surface area contributed by atoms with Crippen LogP contribution in [0.25, 0.3) is 0 Å². The second kappa shape index (κ2) is 11.6. The third-order valence-corrected chi connectivity index (χ3v) is 0.247. The predicted molar refractivity (Wildman–Crippen MR) is 41.1 cm³/mol. The van der Waals surface area contributed by atoms with E-state index in [1.54, 1.807) is 0 Å². The Bertz CT molecular complexity index is 105. The van der Waals surface area contributed by atoms with Gasteiger partial charge in [-0.05, 0) is 0 Å². The molecule has 0 aromatic heterocycles. The maximum Gasteiger partial charge on any atom is 0.418 e. The highest BCUT2D eigenvalue weighted by Gasteiger charge is 1.78. The minimum absolute atomic E-state index is 0. The average molecular weight is 186 g/mol. The number of rotatable bonds is 0. The molecule has 0 fully saturated rings. The summed E-state index contributed by atoms with van der Waals surface area (Å²) in [5, 5.41) is 15.0. The van der Waals surface area contributed by atoms with Crippen molar-refractivity contribution in [2.45, 2.75) is 0 Å². The molecule has 9 heteroatoms. The van der Waals surface area contributed by atoms with E-state index in [2.05, 4.69) is 11.7 Å². The Morgan fingerprint density at radius 2 is 1.09 bits per heavy atom. The van der Waals surface area contributed by atoms with Crippen LogP contribution in [-0.4, -0.2) is 22.4 Å². The Morgan fingerprint density at radius 3 is 1.09 bits per heavy atom. The van der Waals surface area contributed by atoms with E-state index in [4.69, 9.17) is 19.8 Å². The maximum absolute atomic E-state index is 9.13. The van der Waals surface area contributed by atoms with Gasteiger partial charge < -0.3 is 10.2 Å². The van der Waals surface area contributed by atoms with E-state index in [9.17, 15) is 0 Å². The molecule has 68 valence electrons. The van der Waals surface area contributed by atoms with Gasteiger partial charge in [0.25, 0.3) is 0 Å². The zero-order valence-electron chi connectivity index (χ0n) is 5.37. The number of hydrogen-bond acceptors (Lipinski definition) is 4. The van der Waals surface area contributed by atoms with Crippen molar-refractivity contribution in [2.24, 2.45) is 11.7 Å². The van der Waals surface area contributed by atoms with E-state index in [1.165, 1.54) is 10.9 Å². The van der Waals surface area contributed by atoms with Gasteiger partial charge in [0.1, 0.15) is 0 Å². The standard InChI is InChI=1S/2CH4N2O2.H2S/c2*2-3-1(4)5;/h2*3H,2H2,(H,4,5);1H2. The molecule has 8 nitrogen and oxygen atoms in total. The molecular formula is C2H10N4O4S. The topological polar surface area (TPSA) is 151 Å². The van der Waals surface area contributed by atoms with Gasteiger partial charge in [-0.2, -0.15) is 13.5 Å². The highest BCUT2D eigenvalue weighted by Crippen LogP contribution is 1.43. The van der Waals surface area contributed by atoms with E-state index < -0.39 is 12.2 Å². The monoisotopic (exact) mass is 186 g/mol. The molecule has 8 N–H and O–H groups in total. The normalized spacial score (nSPS) is 6.00. The molecule has 0 atom stereocenters. The van der Waals surface area contributed by atoms with Crippen LogP contribution in [-0.2, 0) is 0 Å². The van der Waals surface area contributed by atoms with Crippen LogP contribution >= 0.6 is 13.5 Å². The molecule has 0 unspecified atom stereocenters. The van der Waals surface area contributed by atoms with Crippen LogP contribution in [0.1, 0.15) is 0 Å². The van der Waals surface area contributed by atoms with Crippen LogP contribution in [0.3, 0.4) is 0 Å². The Hall–Kier alpha value is -1.19. The lowest BCUT2D eigenvalue weighted by Crippen LogP contribution is -2.27. The van der Waals surface area contributed by atoms with Gasteiger partial charge in [-0.25, -0.2) is 21.3 Å². The van der Waals surface area contributed by atoms with Gasteiger partial charge in [0.05, 0.1) is 0 Å². The zero-order chi connectivity index (χ0) is 8.57. The number of nitrogens with one attached hydrogen (secondary N) is 2. The zero-order valence-corrected chi connectivity index (χ0v) is 6.37. The lowest BCUT2D eigenvalue weighted by atomic mass is 11.3. The van der Waals surface area contributed by atoms with Crippen molar-refractivity contribution in [1.29, 1.82) is 0 Å². The number of amides is 2. The molecule has 0 spiro atoms. The van der Waals surface area contributed by atoms with E-state index in [0.717, 1.165) is 0 Å². The van der Waals surface area contributed by atoms with Crippen LogP contribution in [0.4, 0.5) is 9.59 Å². The van der Waals surface area contributed by atoms with Gasteiger partial charge in [0.2, 0.25) is 0 Å². The Balaban J connectivity index is -0.000000107. The molecule has 0 saturated heterocycles. The quantitative estimate of drug-likeness (QED) is 0.152. The molecule has 0 bridgehead atoms. The van der Waals surface area contributed by atoms with Crippen molar-refractivity contribution in [1.82, 2.24) is 10.9 Å². The molecule has 0 rings (SSSR count). The summed E-state index contributed by atoms with van der Waals surface area (Å²) >= 11 is 0. The molecule has 0 radical (unpaired) electrons. The number of carbonyl (C=O) groups is 2. The van der Waals surface area contributed by atoms with Crippen molar-refractivity contribution in [3.05, 3.63) is 0 Å². The summed E-state index contributed by atoms with van der Waals surface area (Å²) in [7, 11) is 0. The predicted octanol–water partition coefficient (Wildman–Crippen LogP) is -1.63. The first-order chi connectivity index (χ1) is 4.54. The van der Waals surface area contributed by atoms with Crippen LogP contribution in [0.15, 0.2) is 0 Å². The van der Waals surface area contributed by atoms with E-state index in [1.807, 2.05) is 0 Å². The molecule has 2 amide bonds. The Morgan fingerprint density at radius 1 is 1.00 bits per heavy atom. The largest absolute Gasteiger partial charge is 0.464 e. The van der Waals surface area contributed by atoms with E-state index in [0.29, 0.717) is 0 Å². The minimum atomic E-state index is -1.22. The Labute approximate surface area is 68.9 Å². The van der Waals surface area contributed by atoms with Gasteiger partial charge in [-0.1, -0.05) is 0 Å². The number of carboxylic acid groups (broad SMARTS) is 2. The first-order valence-electron chi connectivity index (χ1n) is 1.93. The molecule has 0 aliphatic heterocycles. The van der Waals surface area contributed by atoms with Crippen molar-refractivity contribution >= 4 is 25.7 Å². The van der Waals surface area contributed by atoms with Gasteiger partial charge in [-0.3, -0.25) is 10.9 Å². The smallest absolute Gasteiger partial charge is 0.418 e. The number of hydrazine groups is 2. The molecule has 0 aliphatic carbocycles. The fraction of sp³-hybridized carbons (Fsp3) is 0. The fourth-order valence-corrected chi connectivity index (χ4v) is 0. The van der Waals surface area contributed by atoms with Crippen LogP contribution in [0, 0.1) is 0 Å². The summed E-state index contributed by atoms with van der Waals surface area (Å²) in [6.45, 7) is 0. The van der Waals surface area contributed by atoms with Gasteiger partial charge in [-0.15, -0.1) is 0 Å². The van der Waals surface area contributed by atoms with Crippen LogP contribution in [0.2, 0.25) is 0 Å². The first kappa shape index (κ1) is 16.4. The lowest BCUT2D eigenvalue weighted by molar-refractivity contribution is 0.193. The van der Waals surface area contributed by atoms with Crippen molar-refractivity contribution < 1.29 is 19.8 Å². The minimum Gasteiger partial charge on any atom is -0.464 e. The summed E-state index contributed by atoms with van der Waals surface area (Å²) in [6.07, 6.45) is -2.44. The molecule has 0 aromatic rings. The summed E-state index contributed by atoms with van der Waals surface area (Å²) in [6, 6.07) is 0. The molecule has 11 heavy (non-hydrogen) atoms. The third kappa shape index (κ3) is 51.7. The highest BCUT2D eigenvalue weighted by atomic mass is 32.1. The van der Waals surface area contributed by atoms with E-state index >= 15 is 0 Å². The summed E-state index contributed by atoms with van der Waals surface area (Å²) < 4.78 is 0. The van der Waals surface area contributed by atoms with E-state index in [-0.39, 0.29) is 13.5 Å². The van der Waals surface area contributed by atoms with Gasteiger partial charge in [0.15, 0.2) is 0 Å². The summed E-state index contributed by atoms with van der Waals surface area (Å²) in [4.78, 5) is 18.3. The van der Waals surface area contributed by atoms with Crippen LogP contribution in [0.5, 0.6) is 0 Å². The molecular weight excluding hydrogens is 176 g/mol. The van der Waals surface area contributed by atoms with Crippen LogP contribution < -0.4 is 22.5 Å². The third-order valence-electron chi connectivity index (χ3n) is 0.247. The average Bonchev–Trinajstić information content (AvgIpc) is 1.89. The van der Waals surface area contributed by atoms with Crippen molar-refractivity contribution in [3.8, 4) is 0 Å². The lowest BCUT2D eigenvalue weighted by Gasteiger charge is -1.79. The van der Waals surface area contributed by atoms with Crippen molar-refractivity contribution in [2.75, 3.05) is 0 Å². The SMILES string of the molecule is NNC(=O)O.NNC(=O)O.S. The number of hydrogen-bond donors (Lipinski definition) is 6. The van der Waals surface area contributed by atoms with Crippen molar-refractivity contribution in [3.63, 3.8) is 0 Å². The molecule has 0 saturated carbocycles. The molecule has 0 aromatic carbocycles. The maximum atomic E-state index is 9.13. The van der Waals surface area contributed by atoms with Gasteiger partial charge >= 0.3 is 12.2 Å². The molecule has 0 heterocycles.